The number of hydrogen-bond acceptors (Lipinski definition) is 4. The number of aliphatic hydroxyl groups is 1. The minimum atomic E-state index is -0.450. The van der Waals surface area contributed by atoms with Crippen molar-refractivity contribution >= 4 is 5.78 Å². The normalized spacial score (nSPS) is 39.0. The van der Waals surface area contributed by atoms with E-state index in [1.54, 1.807) is 7.11 Å². The second-order valence-electron chi connectivity index (χ2n) is 7.64. The van der Waals surface area contributed by atoms with Crippen LogP contribution < -0.4 is 0 Å². The first kappa shape index (κ1) is 16.7. The van der Waals surface area contributed by atoms with Gasteiger partial charge in [0.2, 0.25) is 0 Å². The van der Waals surface area contributed by atoms with E-state index in [-0.39, 0.29) is 35.6 Å². The summed E-state index contributed by atoms with van der Waals surface area (Å²) in [6.45, 7) is 4.59. The zero-order valence-corrected chi connectivity index (χ0v) is 14.4. The largest absolute Gasteiger partial charge is 0.509 e. The van der Waals surface area contributed by atoms with Gasteiger partial charge in [-0.15, -0.1) is 0 Å². The Morgan fingerprint density at radius 2 is 2.09 bits per heavy atom. The van der Waals surface area contributed by atoms with Gasteiger partial charge < -0.3 is 14.6 Å². The van der Waals surface area contributed by atoms with E-state index in [9.17, 15) is 9.90 Å². The average Bonchev–Trinajstić information content (AvgIpc) is 2.81. The summed E-state index contributed by atoms with van der Waals surface area (Å²) in [6, 6.07) is 0. The van der Waals surface area contributed by atoms with E-state index in [1.165, 1.54) is 5.57 Å². The highest BCUT2D eigenvalue weighted by atomic mass is 16.7. The molecule has 0 aromatic rings. The fourth-order valence-corrected chi connectivity index (χ4v) is 4.70. The lowest BCUT2D eigenvalue weighted by Crippen LogP contribution is -2.36. The van der Waals surface area contributed by atoms with E-state index >= 15 is 0 Å². The third-order valence-corrected chi connectivity index (χ3v) is 6.07. The van der Waals surface area contributed by atoms with Gasteiger partial charge in [-0.05, 0) is 43.4 Å². The number of hydrogen-bond donors (Lipinski definition) is 1. The molecule has 23 heavy (non-hydrogen) atoms. The van der Waals surface area contributed by atoms with Crippen LogP contribution in [0.4, 0.5) is 0 Å². The van der Waals surface area contributed by atoms with Gasteiger partial charge in [0.1, 0.15) is 18.7 Å². The lowest BCUT2D eigenvalue weighted by atomic mass is 9.75. The van der Waals surface area contributed by atoms with Crippen molar-refractivity contribution in [2.75, 3.05) is 13.9 Å². The highest BCUT2D eigenvalue weighted by Crippen LogP contribution is 2.52. The van der Waals surface area contributed by atoms with Crippen molar-refractivity contribution in [1.29, 1.82) is 0 Å². The molecule has 3 aliphatic rings. The molecular formula is C19H28O4. The Morgan fingerprint density at radius 3 is 2.83 bits per heavy atom. The predicted molar refractivity (Wildman–Crippen MR) is 88.0 cm³/mol. The number of fused-ring (bicyclic) bond motifs is 3. The van der Waals surface area contributed by atoms with Crippen molar-refractivity contribution in [2.24, 2.45) is 17.3 Å². The standard InChI is InChI=1S/C19H28O4/c1-19(2)13-8-7-12-5-4-6-15(20)16(12)17(21)18(23-11-22-3)14(19)10-9-13/h8,12,14,18,21H,4-7,9-11H2,1-3H3/b13-8+,17-16-/t12-,14-,18-/m1/s1. The highest BCUT2D eigenvalue weighted by Gasteiger charge is 2.47. The third kappa shape index (κ3) is 2.87. The topological polar surface area (TPSA) is 55.8 Å². The highest BCUT2D eigenvalue weighted by molar-refractivity contribution is 5.97. The van der Waals surface area contributed by atoms with Crippen LogP contribution in [0.25, 0.3) is 0 Å². The molecule has 0 radical (unpaired) electrons. The fraction of sp³-hybridized carbons (Fsp3) is 0.737. The van der Waals surface area contributed by atoms with E-state index in [0.717, 1.165) is 32.1 Å². The van der Waals surface area contributed by atoms with E-state index in [1.807, 2.05) is 0 Å². The Balaban J connectivity index is 2.07. The van der Waals surface area contributed by atoms with Crippen molar-refractivity contribution in [3.8, 4) is 0 Å². The molecule has 1 N–H and O–H groups in total. The molecule has 0 aliphatic heterocycles. The van der Waals surface area contributed by atoms with Crippen LogP contribution in [0.15, 0.2) is 23.0 Å². The van der Waals surface area contributed by atoms with Crippen LogP contribution in [-0.2, 0) is 14.3 Å². The second-order valence-corrected chi connectivity index (χ2v) is 7.64. The van der Waals surface area contributed by atoms with Gasteiger partial charge in [0, 0.05) is 25.0 Å². The zero-order valence-electron chi connectivity index (χ0n) is 14.4. The number of methoxy groups -OCH3 is 1. The van der Waals surface area contributed by atoms with Gasteiger partial charge >= 0.3 is 0 Å². The minimum absolute atomic E-state index is 0.0243. The first-order chi connectivity index (χ1) is 11.0. The molecule has 2 saturated carbocycles. The summed E-state index contributed by atoms with van der Waals surface area (Å²) >= 11 is 0. The summed E-state index contributed by atoms with van der Waals surface area (Å²) in [5.74, 6) is 0.572. The summed E-state index contributed by atoms with van der Waals surface area (Å²) in [7, 11) is 1.58. The summed E-state index contributed by atoms with van der Waals surface area (Å²) in [5.41, 5.74) is 2.04. The fourth-order valence-electron chi connectivity index (χ4n) is 4.70. The Kier molecular flexibility index (Phi) is 4.65. The van der Waals surface area contributed by atoms with Crippen molar-refractivity contribution in [3.63, 3.8) is 0 Å². The quantitative estimate of drug-likeness (QED) is 0.632. The van der Waals surface area contributed by atoms with Crippen molar-refractivity contribution in [1.82, 2.24) is 0 Å². The molecule has 3 aliphatic carbocycles. The lowest BCUT2D eigenvalue weighted by Gasteiger charge is -2.35. The van der Waals surface area contributed by atoms with Crippen LogP contribution in [0.2, 0.25) is 0 Å². The number of allylic oxidation sites excluding steroid dienone is 3. The second kappa shape index (κ2) is 6.40. The number of rotatable bonds is 3. The monoisotopic (exact) mass is 320 g/mol. The lowest BCUT2D eigenvalue weighted by molar-refractivity contribution is -0.119. The molecule has 3 rings (SSSR count). The molecule has 0 amide bonds. The van der Waals surface area contributed by atoms with Gasteiger partial charge in [-0.25, -0.2) is 0 Å². The van der Waals surface area contributed by atoms with Crippen LogP contribution >= 0.6 is 0 Å². The third-order valence-electron chi connectivity index (χ3n) is 6.07. The van der Waals surface area contributed by atoms with Gasteiger partial charge in [-0.3, -0.25) is 4.79 Å². The van der Waals surface area contributed by atoms with E-state index in [2.05, 4.69) is 19.9 Å². The SMILES string of the molecule is COCO[C@H]1/C(O)=C2/C(=O)CCC[C@@H]2C/C=C2\CC[C@H]1C2(C)C. The predicted octanol–water partition coefficient (Wildman–Crippen LogP) is 3.92. The Hall–Kier alpha value is -1.13. The van der Waals surface area contributed by atoms with Gasteiger partial charge in [-0.2, -0.15) is 0 Å². The first-order valence-electron chi connectivity index (χ1n) is 8.73. The number of ether oxygens (including phenoxy) is 2. The Labute approximate surface area is 138 Å². The van der Waals surface area contributed by atoms with Gasteiger partial charge in [-0.1, -0.05) is 25.5 Å². The molecular weight excluding hydrogens is 292 g/mol. The van der Waals surface area contributed by atoms with Crippen LogP contribution in [0.1, 0.15) is 52.4 Å². The number of aliphatic hydroxyl groups excluding tert-OH is 1. The maximum absolute atomic E-state index is 12.5. The molecule has 0 aromatic heterocycles. The van der Waals surface area contributed by atoms with Crippen LogP contribution in [0.3, 0.4) is 0 Å². The molecule has 2 fully saturated rings. The number of Topliss-reactive ketones (excluding diaryl/α,β-unsaturated/α-hetero) is 1. The summed E-state index contributed by atoms with van der Waals surface area (Å²) in [5, 5.41) is 11.0. The van der Waals surface area contributed by atoms with E-state index < -0.39 is 6.10 Å². The molecule has 4 nitrogen and oxygen atoms in total. The van der Waals surface area contributed by atoms with Crippen LogP contribution in [0.5, 0.6) is 0 Å². The molecule has 0 unspecified atom stereocenters. The van der Waals surface area contributed by atoms with Crippen molar-refractivity contribution in [2.45, 2.75) is 58.5 Å². The summed E-state index contributed by atoms with van der Waals surface area (Å²) in [6.07, 6.45) is 7.18. The molecule has 0 spiro atoms. The molecule has 2 bridgehead atoms. The smallest absolute Gasteiger partial charge is 0.162 e. The maximum Gasteiger partial charge on any atom is 0.162 e. The zero-order chi connectivity index (χ0) is 16.6. The number of carbonyl (C=O) groups excluding carboxylic acids is 1. The summed E-state index contributed by atoms with van der Waals surface area (Å²) in [4.78, 5) is 12.5. The molecule has 3 atom stereocenters. The Bertz CT molecular complexity index is 544. The van der Waals surface area contributed by atoms with Gasteiger partial charge in [0.25, 0.3) is 0 Å². The average molecular weight is 320 g/mol. The Morgan fingerprint density at radius 1 is 1.30 bits per heavy atom. The molecule has 0 aromatic carbocycles. The number of ketones is 1. The summed E-state index contributed by atoms with van der Waals surface area (Å²) < 4.78 is 11.0. The molecule has 0 heterocycles. The van der Waals surface area contributed by atoms with Crippen molar-refractivity contribution < 1.29 is 19.4 Å². The molecule has 0 saturated heterocycles. The number of carbonyl (C=O) groups is 1. The van der Waals surface area contributed by atoms with E-state index in [4.69, 9.17) is 9.47 Å². The van der Waals surface area contributed by atoms with Crippen molar-refractivity contribution in [3.05, 3.63) is 23.0 Å². The van der Waals surface area contributed by atoms with E-state index in [0.29, 0.717) is 12.0 Å². The van der Waals surface area contributed by atoms with Crippen LogP contribution in [-0.4, -0.2) is 30.9 Å². The maximum atomic E-state index is 12.5. The molecule has 4 heteroatoms. The van der Waals surface area contributed by atoms with Gasteiger partial charge in [0.15, 0.2) is 5.78 Å². The minimum Gasteiger partial charge on any atom is -0.509 e. The van der Waals surface area contributed by atoms with Crippen LogP contribution in [0, 0.1) is 17.3 Å². The van der Waals surface area contributed by atoms with Gasteiger partial charge in [0.05, 0.1) is 0 Å². The molecule has 128 valence electrons. The first-order valence-corrected chi connectivity index (χ1v) is 8.73.